The van der Waals surface area contributed by atoms with E-state index in [1.807, 2.05) is 24.9 Å². The van der Waals surface area contributed by atoms with Crippen LogP contribution in [0.5, 0.6) is 0 Å². The molecule has 1 fully saturated rings. The van der Waals surface area contributed by atoms with Gasteiger partial charge in [0.25, 0.3) is 5.91 Å². The van der Waals surface area contributed by atoms with Crippen molar-refractivity contribution in [2.45, 2.75) is 25.9 Å². The first-order valence-electron chi connectivity index (χ1n) is 9.18. The molecular formula is C20H22FN5OS. The number of benzene rings is 1. The first-order chi connectivity index (χ1) is 13.4. The minimum absolute atomic E-state index is 0.0193. The largest absolute Gasteiger partial charge is 0.384 e. The average molecular weight is 399 g/mol. The zero-order valence-corrected chi connectivity index (χ0v) is 16.7. The summed E-state index contributed by atoms with van der Waals surface area (Å²) >= 11 is 1.37. The second-order valence-electron chi connectivity index (χ2n) is 7.18. The van der Waals surface area contributed by atoms with Gasteiger partial charge in [-0.2, -0.15) is 0 Å². The molecule has 2 aromatic heterocycles. The second kappa shape index (κ2) is 7.44. The Morgan fingerprint density at radius 1 is 1.43 bits per heavy atom. The van der Waals surface area contributed by atoms with E-state index < -0.39 is 0 Å². The monoisotopic (exact) mass is 399 g/mol. The van der Waals surface area contributed by atoms with Gasteiger partial charge >= 0.3 is 0 Å². The van der Waals surface area contributed by atoms with E-state index in [1.165, 1.54) is 17.4 Å². The van der Waals surface area contributed by atoms with Crippen LogP contribution in [-0.2, 0) is 6.54 Å². The molecule has 2 N–H and O–H groups in total. The number of halogens is 1. The van der Waals surface area contributed by atoms with Crippen LogP contribution < -0.4 is 5.73 Å². The van der Waals surface area contributed by atoms with Gasteiger partial charge < -0.3 is 10.6 Å². The van der Waals surface area contributed by atoms with Gasteiger partial charge in [0.1, 0.15) is 17.5 Å². The van der Waals surface area contributed by atoms with Crippen LogP contribution in [0.2, 0.25) is 0 Å². The molecule has 0 bridgehead atoms. The molecule has 3 aromatic rings. The van der Waals surface area contributed by atoms with Gasteiger partial charge in [-0.15, -0.1) is 11.3 Å². The van der Waals surface area contributed by atoms with Crippen molar-refractivity contribution in [2.24, 2.45) is 0 Å². The smallest absolute Gasteiger partial charge is 0.264 e. The number of aromatic nitrogens is 2. The summed E-state index contributed by atoms with van der Waals surface area (Å²) in [6.45, 7) is 3.71. The van der Waals surface area contributed by atoms with E-state index >= 15 is 0 Å². The van der Waals surface area contributed by atoms with Crippen molar-refractivity contribution in [1.82, 2.24) is 19.8 Å². The topological polar surface area (TPSA) is 75.4 Å². The van der Waals surface area contributed by atoms with Crippen molar-refractivity contribution in [3.63, 3.8) is 0 Å². The zero-order chi connectivity index (χ0) is 19.8. The van der Waals surface area contributed by atoms with Gasteiger partial charge in [-0.25, -0.2) is 14.4 Å². The summed E-state index contributed by atoms with van der Waals surface area (Å²) < 4.78 is 15.0. The van der Waals surface area contributed by atoms with E-state index in [0.717, 1.165) is 16.7 Å². The van der Waals surface area contributed by atoms with Crippen LogP contribution in [0.4, 0.5) is 10.2 Å². The number of hydrogen-bond acceptors (Lipinski definition) is 6. The Labute approximate surface area is 166 Å². The highest BCUT2D eigenvalue weighted by Gasteiger charge is 2.31. The molecule has 1 amide bonds. The van der Waals surface area contributed by atoms with E-state index in [1.54, 1.807) is 18.3 Å². The second-order valence-corrected chi connectivity index (χ2v) is 8.23. The van der Waals surface area contributed by atoms with Gasteiger partial charge in [0, 0.05) is 35.4 Å². The summed E-state index contributed by atoms with van der Waals surface area (Å²) in [4.78, 5) is 26.2. The number of aryl methyl sites for hydroxylation is 1. The van der Waals surface area contributed by atoms with E-state index in [9.17, 15) is 9.18 Å². The van der Waals surface area contributed by atoms with Crippen molar-refractivity contribution < 1.29 is 9.18 Å². The maximum Gasteiger partial charge on any atom is 0.264 e. The molecule has 3 heterocycles. The minimum atomic E-state index is -0.272. The molecule has 4 rings (SSSR count). The van der Waals surface area contributed by atoms with Crippen LogP contribution in [-0.4, -0.2) is 51.9 Å². The Morgan fingerprint density at radius 3 is 3.00 bits per heavy atom. The maximum atomic E-state index is 14.2. The van der Waals surface area contributed by atoms with Gasteiger partial charge in [-0.05, 0) is 44.2 Å². The molecule has 0 saturated carbocycles. The van der Waals surface area contributed by atoms with Gasteiger partial charge in [-0.1, -0.05) is 6.07 Å². The molecular weight excluding hydrogens is 377 g/mol. The van der Waals surface area contributed by atoms with Crippen molar-refractivity contribution in [3.8, 4) is 0 Å². The van der Waals surface area contributed by atoms with Crippen LogP contribution in [0.3, 0.4) is 0 Å². The standard InChI is InChI=1S/C20H22FN5OS/c1-12-18-14(21)4-3-5-15(18)28-19(12)20(27)26-9-7-13(10-26)25(2)11-17-23-8-6-16(22)24-17/h3-6,8,13H,7,9-11H2,1-2H3,(H2,22,23,24)/t13-/m0/s1. The fraction of sp³-hybridized carbons (Fsp3) is 0.350. The number of likely N-dealkylation sites (N-methyl/N-ethyl adjacent to an activating group) is 1. The predicted molar refractivity (Wildman–Crippen MR) is 109 cm³/mol. The summed E-state index contributed by atoms with van der Waals surface area (Å²) in [5, 5.41) is 0.558. The first-order valence-corrected chi connectivity index (χ1v) is 10.00. The number of carbonyl (C=O) groups excluding carboxylic acids is 1. The van der Waals surface area contributed by atoms with Gasteiger partial charge in [-0.3, -0.25) is 9.69 Å². The van der Waals surface area contributed by atoms with Crippen LogP contribution in [0.25, 0.3) is 10.1 Å². The van der Waals surface area contributed by atoms with E-state index in [4.69, 9.17) is 5.73 Å². The molecule has 8 heteroatoms. The van der Waals surface area contributed by atoms with Crippen LogP contribution in [0.1, 0.15) is 27.5 Å². The molecule has 1 atom stereocenters. The molecule has 0 unspecified atom stereocenters. The molecule has 1 aliphatic rings. The summed E-state index contributed by atoms with van der Waals surface area (Å²) in [5.74, 6) is 0.831. The fourth-order valence-corrected chi connectivity index (χ4v) is 4.92. The van der Waals surface area contributed by atoms with E-state index in [2.05, 4.69) is 14.9 Å². The lowest BCUT2D eigenvalue weighted by molar-refractivity contribution is 0.0783. The summed E-state index contributed by atoms with van der Waals surface area (Å²) in [6, 6.07) is 6.87. The zero-order valence-electron chi connectivity index (χ0n) is 15.9. The number of thiophene rings is 1. The minimum Gasteiger partial charge on any atom is -0.384 e. The summed E-state index contributed by atoms with van der Waals surface area (Å²) in [6.07, 6.45) is 2.53. The summed E-state index contributed by atoms with van der Waals surface area (Å²) in [7, 11) is 2.01. The number of hydrogen-bond donors (Lipinski definition) is 1. The van der Waals surface area contributed by atoms with Crippen molar-refractivity contribution in [3.05, 3.63) is 52.5 Å². The quantitative estimate of drug-likeness (QED) is 0.730. The number of nitrogens with two attached hydrogens (primary N) is 1. The third kappa shape index (κ3) is 3.45. The Bertz CT molecular complexity index is 1040. The lowest BCUT2D eigenvalue weighted by Crippen LogP contribution is -2.36. The molecule has 1 aliphatic heterocycles. The van der Waals surface area contributed by atoms with Crippen LogP contribution >= 0.6 is 11.3 Å². The van der Waals surface area contributed by atoms with Crippen LogP contribution in [0, 0.1) is 12.7 Å². The fourth-order valence-electron chi connectivity index (χ4n) is 3.73. The normalized spacial score (nSPS) is 17.0. The number of likely N-dealkylation sites (tertiary alicyclic amines) is 1. The molecule has 28 heavy (non-hydrogen) atoms. The Balaban J connectivity index is 1.47. The number of fused-ring (bicyclic) bond motifs is 1. The number of nitrogens with zero attached hydrogens (tertiary/aromatic N) is 4. The Hall–Kier alpha value is -2.58. The lowest BCUT2D eigenvalue weighted by atomic mass is 10.1. The van der Waals surface area contributed by atoms with Gasteiger partial charge in [0.05, 0.1) is 11.4 Å². The third-order valence-corrected chi connectivity index (χ3v) is 6.53. The predicted octanol–water partition coefficient (Wildman–Crippen LogP) is 3.07. The lowest BCUT2D eigenvalue weighted by Gasteiger charge is -2.24. The van der Waals surface area contributed by atoms with Crippen LogP contribution in [0.15, 0.2) is 30.5 Å². The Kier molecular flexibility index (Phi) is 4.99. The van der Waals surface area contributed by atoms with E-state index in [-0.39, 0.29) is 17.8 Å². The highest BCUT2D eigenvalue weighted by atomic mass is 32.1. The molecule has 6 nitrogen and oxygen atoms in total. The number of rotatable bonds is 4. The maximum absolute atomic E-state index is 14.2. The van der Waals surface area contributed by atoms with Crippen molar-refractivity contribution >= 4 is 33.1 Å². The number of anilines is 1. The third-order valence-electron chi connectivity index (χ3n) is 5.29. The SMILES string of the molecule is Cc1c(C(=O)N2CC[C@H](N(C)Cc3nccc(N)n3)C2)sc2cccc(F)c12. The Morgan fingerprint density at radius 2 is 2.25 bits per heavy atom. The molecule has 1 aromatic carbocycles. The van der Waals surface area contributed by atoms with Crippen molar-refractivity contribution in [2.75, 3.05) is 25.9 Å². The summed E-state index contributed by atoms with van der Waals surface area (Å²) in [5.41, 5.74) is 6.45. The highest BCUT2D eigenvalue weighted by Crippen LogP contribution is 2.34. The molecule has 0 aliphatic carbocycles. The van der Waals surface area contributed by atoms with Gasteiger partial charge in [0.15, 0.2) is 0 Å². The molecule has 0 radical (unpaired) electrons. The number of amides is 1. The van der Waals surface area contributed by atoms with Gasteiger partial charge in [0.2, 0.25) is 0 Å². The molecule has 146 valence electrons. The molecule has 1 saturated heterocycles. The molecule has 0 spiro atoms. The average Bonchev–Trinajstić information content (AvgIpc) is 3.27. The first kappa shape index (κ1) is 18.8. The number of carbonyl (C=O) groups is 1. The van der Waals surface area contributed by atoms with E-state index in [0.29, 0.717) is 41.5 Å². The van der Waals surface area contributed by atoms with Crippen molar-refractivity contribution in [1.29, 1.82) is 0 Å². The highest BCUT2D eigenvalue weighted by molar-refractivity contribution is 7.21. The number of nitrogen functional groups attached to an aromatic ring is 1.